The Labute approximate surface area is 103 Å². The maximum atomic E-state index is 12.2. The van der Waals surface area contributed by atoms with E-state index in [0.29, 0.717) is 13.1 Å². The van der Waals surface area contributed by atoms with E-state index in [4.69, 9.17) is 0 Å². The van der Waals surface area contributed by atoms with Gasteiger partial charge in [-0.3, -0.25) is 0 Å². The zero-order chi connectivity index (χ0) is 10.7. The second-order valence-electron chi connectivity index (χ2n) is 4.14. The summed E-state index contributed by atoms with van der Waals surface area (Å²) in [6.07, 6.45) is 1.51. The number of piperazine rings is 1. The molecular formula is C9H20ClN3O2S. The number of rotatable bonds is 2. The van der Waals surface area contributed by atoms with Gasteiger partial charge in [-0.05, 0) is 25.9 Å². The van der Waals surface area contributed by atoms with Crippen molar-refractivity contribution in [2.75, 3.05) is 39.3 Å². The number of sulfonamides is 1. The Kier molecular flexibility index (Phi) is 5.46. The summed E-state index contributed by atoms with van der Waals surface area (Å²) in [6, 6.07) is 0. The molecule has 0 radical (unpaired) electrons. The second kappa shape index (κ2) is 6.16. The molecule has 2 rings (SSSR count). The summed E-state index contributed by atoms with van der Waals surface area (Å²) in [5.74, 6) is 0. The maximum absolute atomic E-state index is 12.2. The Morgan fingerprint density at radius 2 is 1.44 bits per heavy atom. The maximum Gasteiger partial charge on any atom is 0.217 e. The Morgan fingerprint density at radius 1 is 0.938 bits per heavy atom. The van der Waals surface area contributed by atoms with Crippen molar-refractivity contribution in [2.45, 2.75) is 18.1 Å². The molecule has 0 aliphatic carbocycles. The molecule has 0 bridgehead atoms. The highest BCUT2D eigenvalue weighted by molar-refractivity contribution is 7.89. The van der Waals surface area contributed by atoms with E-state index in [9.17, 15) is 8.42 Å². The third kappa shape index (κ3) is 3.07. The van der Waals surface area contributed by atoms with Crippen molar-refractivity contribution < 1.29 is 8.42 Å². The van der Waals surface area contributed by atoms with Crippen molar-refractivity contribution in [3.63, 3.8) is 0 Å². The number of nitrogens with one attached hydrogen (secondary N) is 2. The molecular weight excluding hydrogens is 250 g/mol. The molecule has 2 N–H and O–H groups in total. The Balaban J connectivity index is 0.00000128. The monoisotopic (exact) mass is 269 g/mol. The van der Waals surface area contributed by atoms with Crippen LogP contribution in [0.2, 0.25) is 0 Å². The average molecular weight is 270 g/mol. The molecule has 0 spiro atoms. The van der Waals surface area contributed by atoms with Gasteiger partial charge in [-0.15, -0.1) is 12.4 Å². The first-order valence-corrected chi connectivity index (χ1v) is 7.12. The van der Waals surface area contributed by atoms with Crippen LogP contribution < -0.4 is 10.6 Å². The molecule has 2 heterocycles. The average Bonchev–Trinajstić information content (AvgIpc) is 2.31. The molecule has 0 saturated carbocycles. The van der Waals surface area contributed by atoms with E-state index in [-0.39, 0.29) is 17.7 Å². The van der Waals surface area contributed by atoms with Gasteiger partial charge in [-0.2, -0.15) is 4.31 Å². The van der Waals surface area contributed by atoms with Crippen LogP contribution in [-0.2, 0) is 10.0 Å². The minimum atomic E-state index is -3.03. The van der Waals surface area contributed by atoms with E-state index in [1.807, 2.05) is 0 Å². The van der Waals surface area contributed by atoms with Crippen LogP contribution in [-0.4, -0.2) is 57.2 Å². The van der Waals surface area contributed by atoms with Gasteiger partial charge in [0.2, 0.25) is 10.0 Å². The minimum Gasteiger partial charge on any atom is -0.317 e. The second-order valence-corrected chi connectivity index (χ2v) is 6.36. The van der Waals surface area contributed by atoms with Gasteiger partial charge in [0.05, 0.1) is 5.25 Å². The molecule has 7 heteroatoms. The lowest BCUT2D eigenvalue weighted by Crippen LogP contribution is -2.51. The summed E-state index contributed by atoms with van der Waals surface area (Å²) in [5, 5.41) is 6.21. The van der Waals surface area contributed by atoms with E-state index in [1.54, 1.807) is 4.31 Å². The lowest BCUT2D eigenvalue weighted by Gasteiger charge is -2.32. The van der Waals surface area contributed by atoms with Crippen LogP contribution in [0.5, 0.6) is 0 Å². The number of nitrogens with zero attached hydrogens (tertiary/aromatic N) is 1. The highest BCUT2D eigenvalue weighted by Crippen LogP contribution is 2.17. The quantitative estimate of drug-likeness (QED) is 0.703. The third-order valence-corrected chi connectivity index (χ3v) is 5.54. The summed E-state index contributed by atoms with van der Waals surface area (Å²) in [5.41, 5.74) is 0. The van der Waals surface area contributed by atoms with Crippen molar-refractivity contribution in [3.8, 4) is 0 Å². The first kappa shape index (κ1) is 14.2. The van der Waals surface area contributed by atoms with Gasteiger partial charge in [-0.25, -0.2) is 8.42 Å². The van der Waals surface area contributed by atoms with Crippen molar-refractivity contribution in [1.29, 1.82) is 0 Å². The fraction of sp³-hybridized carbons (Fsp3) is 1.00. The normalized spacial score (nSPS) is 25.0. The molecule has 5 nitrogen and oxygen atoms in total. The lowest BCUT2D eigenvalue weighted by molar-refractivity contribution is 0.348. The van der Waals surface area contributed by atoms with Crippen molar-refractivity contribution in [2.24, 2.45) is 0 Å². The van der Waals surface area contributed by atoms with Crippen LogP contribution in [0.4, 0.5) is 0 Å². The van der Waals surface area contributed by atoms with Gasteiger partial charge in [0.1, 0.15) is 0 Å². The van der Waals surface area contributed by atoms with Crippen LogP contribution in [0.1, 0.15) is 12.8 Å². The van der Waals surface area contributed by atoms with Crippen LogP contribution in [0.25, 0.3) is 0 Å². The zero-order valence-electron chi connectivity index (χ0n) is 9.31. The smallest absolute Gasteiger partial charge is 0.217 e. The van der Waals surface area contributed by atoms with E-state index in [2.05, 4.69) is 10.6 Å². The molecule has 2 fully saturated rings. The molecule has 0 aromatic rings. The van der Waals surface area contributed by atoms with Crippen LogP contribution in [0, 0.1) is 0 Å². The predicted molar refractivity (Wildman–Crippen MR) is 66.5 cm³/mol. The van der Waals surface area contributed by atoms with Gasteiger partial charge in [0.25, 0.3) is 0 Å². The minimum absolute atomic E-state index is 0. The summed E-state index contributed by atoms with van der Waals surface area (Å²) in [4.78, 5) is 0. The Bertz CT molecular complexity index is 274. The molecule has 0 aromatic heterocycles. The summed E-state index contributed by atoms with van der Waals surface area (Å²) in [7, 11) is -3.03. The Hall–Kier alpha value is 0.120. The molecule has 96 valence electrons. The van der Waals surface area contributed by atoms with Crippen LogP contribution in [0.15, 0.2) is 0 Å². The third-order valence-electron chi connectivity index (χ3n) is 3.14. The van der Waals surface area contributed by atoms with Crippen molar-refractivity contribution in [1.82, 2.24) is 14.9 Å². The van der Waals surface area contributed by atoms with E-state index in [0.717, 1.165) is 39.0 Å². The highest BCUT2D eigenvalue weighted by Gasteiger charge is 2.33. The topological polar surface area (TPSA) is 61.4 Å². The van der Waals surface area contributed by atoms with Gasteiger partial charge in [0.15, 0.2) is 0 Å². The first-order valence-electron chi connectivity index (χ1n) is 5.61. The molecule has 0 amide bonds. The molecule has 0 aromatic carbocycles. The summed E-state index contributed by atoms with van der Waals surface area (Å²) >= 11 is 0. The summed E-state index contributed by atoms with van der Waals surface area (Å²) in [6.45, 7) is 4.49. The van der Waals surface area contributed by atoms with Crippen molar-refractivity contribution >= 4 is 22.4 Å². The van der Waals surface area contributed by atoms with E-state index in [1.165, 1.54) is 0 Å². The van der Waals surface area contributed by atoms with Crippen LogP contribution >= 0.6 is 12.4 Å². The number of halogens is 1. The number of hydrogen-bond acceptors (Lipinski definition) is 4. The fourth-order valence-electron chi connectivity index (χ4n) is 2.20. The van der Waals surface area contributed by atoms with Gasteiger partial charge in [0, 0.05) is 26.2 Å². The molecule has 2 saturated heterocycles. The van der Waals surface area contributed by atoms with E-state index < -0.39 is 10.0 Å². The Morgan fingerprint density at radius 3 is 2.00 bits per heavy atom. The molecule has 0 atom stereocenters. The van der Waals surface area contributed by atoms with Gasteiger partial charge >= 0.3 is 0 Å². The molecule has 2 aliphatic rings. The standard InChI is InChI=1S/C9H19N3O2S.ClH/c13-15(14,9-1-3-10-4-2-9)12-7-5-11-6-8-12;/h9-11H,1-8H2;1H. The zero-order valence-corrected chi connectivity index (χ0v) is 10.9. The summed E-state index contributed by atoms with van der Waals surface area (Å²) < 4.78 is 26.1. The fourth-order valence-corrected chi connectivity index (χ4v) is 4.15. The largest absolute Gasteiger partial charge is 0.317 e. The lowest BCUT2D eigenvalue weighted by atomic mass is 10.2. The van der Waals surface area contributed by atoms with Gasteiger partial charge < -0.3 is 10.6 Å². The number of piperidine rings is 1. The molecule has 2 aliphatic heterocycles. The SMILES string of the molecule is Cl.O=S(=O)(C1CCNCC1)N1CCNCC1. The number of hydrogen-bond donors (Lipinski definition) is 2. The van der Waals surface area contributed by atoms with E-state index >= 15 is 0 Å². The van der Waals surface area contributed by atoms with Crippen LogP contribution in [0.3, 0.4) is 0 Å². The predicted octanol–water partition coefficient (Wildman–Crippen LogP) is -0.605. The van der Waals surface area contributed by atoms with Gasteiger partial charge in [-0.1, -0.05) is 0 Å². The molecule has 16 heavy (non-hydrogen) atoms. The van der Waals surface area contributed by atoms with Crippen molar-refractivity contribution in [3.05, 3.63) is 0 Å². The molecule has 0 unspecified atom stereocenters. The first-order chi connectivity index (χ1) is 7.21. The highest BCUT2D eigenvalue weighted by atomic mass is 35.5.